The lowest BCUT2D eigenvalue weighted by atomic mass is 10.0. The maximum atomic E-state index is 12.8. The van der Waals surface area contributed by atoms with E-state index in [0.717, 1.165) is 48.1 Å². The summed E-state index contributed by atoms with van der Waals surface area (Å²) in [6.07, 6.45) is 4.64. The molecule has 1 aromatic carbocycles. The average molecular weight is 533 g/mol. The van der Waals surface area contributed by atoms with Gasteiger partial charge >= 0.3 is 0 Å². The highest BCUT2D eigenvalue weighted by molar-refractivity contribution is 7.91. The van der Waals surface area contributed by atoms with Gasteiger partial charge in [-0.3, -0.25) is 4.79 Å². The zero-order valence-electron chi connectivity index (χ0n) is 19.2. The zero-order valence-corrected chi connectivity index (χ0v) is 20.9. The van der Waals surface area contributed by atoms with Gasteiger partial charge in [0.25, 0.3) is 0 Å². The Balaban J connectivity index is 0.00000304. The molecule has 2 fully saturated rings. The first-order valence-corrected chi connectivity index (χ1v) is 15.1. The minimum absolute atomic E-state index is 0. The van der Waals surface area contributed by atoms with Crippen LogP contribution in [0, 0.1) is 0 Å². The average Bonchev–Trinajstić information content (AvgIpc) is 3.50. The smallest absolute Gasteiger partial charge is 0.240 e. The van der Waals surface area contributed by atoms with E-state index in [4.69, 9.17) is 0 Å². The molecule has 4 heterocycles. The number of nitrogens with zero attached hydrogens (tertiary/aromatic N) is 2. The number of pyridine rings is 1. The fourth-order valence-corrected chi connectivity index (χ4v) is 7.57. The molecule has 0 atom stereocenters. The summed E-state index contributed by atoms with van der Waals surface area (Å²) >= 11 is 0. The number of carbonyl (C=O) groups excluding carboxylic acids is 1. The first kappa shape index (κ1) is 26.3. The quantitative estimate of drug-likeness (QED) is 0.502. The molecule has 2 N–H and O–H groups in total. The Hall–Kier alpha value is -2.76. The molecule has 2 saturated heterocycles. The predicted octanol–water partition coefficient (Wildman–Crippen LogP) is 2.89. The lowest BCUT2D eigenvalue weighted by molar-refractivity contribution is -0.129. The van der Waals surface area contributed by atoms with Gasteiger partial charge in [0.1, 0.15) is 15.5 Å². The Morgan fingerprint density at radius 1 is 1.08 bits per heavy atom. The Kier molecular flexibility index (Phi) is 7.53. The Morgan fingerprint density at radius 2 is 1.75 bits per heavy atom. The van der Waals surface area contributed by atoms with E-state index < -0.39 is 19.9 Å². The van der Waals surface area contributed by atoms with E-state index in [1.54, 1.807) is 30.5 Å². The number of likely N-dealkylation sites (tertiary alicyclic amines) is 1. The number of hydrogen-bond donors (Lipinski definition) is 2. The number of aromatic nitrogens is 2. The fourth-order valence-electron chi connectivity index (χ4n) is 4.78. The van der Waals surface area contributed by atoms with Crippen molar-refractivity contribution < 1.29 is 21.6 Å². The Morgan fingerprint density at radius 3 is 2.42 bits per heavy atom. The summed E-state index contributed by atoms with van der Waals surface area (Å²) in [7, 11) is -6.82. The lowest BCUT2D eigenvalue weighted by Crippen LogP contribution is -2.40. The number of hydrogen-bond acceptors (Lipinski definition) is 6. The van der Waals surface area contributed by atoms with Crippen molar-refractivity contribution in [2.75, 3.05) is 24.6 Å². The molecule has 0 spiro atoms. The van der Waals surface area contributed by atoms with Crippen molar-refractivity contribution in [1.29, 1.82) is 0 Å². The molecule has 194 valence electrons. The topological polar surface area (TPSA) is 129 Å². The van der Waals surface area contributed by atoms with Gasteiger partial charge in [0.2, 0.25) is 15.9 Å². The van der Waals surface area contributed by atoms with Crippen LogP contribution in [0.15, 0.2) is 47.5 Å². The highest BCUT2D eigenvalue weighted by Gasteiger charge is 2.27. The summed E-state index contributed by atoms with van der Waals surface area (Å²) in [4.78, 5) is 22.2. The molecular formula is C25H32N4O5S2. The maximum Gasteiger partial charge on any atom is 0.240 e. The molecule has 0 bridgehead atoms. The highest BCUT2D eigenvalue weighted by Crippen LogP contribution is 2.29. The number of aromatic amines is 1. The van der Waals surface area contributed by atoms with Gasteiger partial charge < -0.3 is 9.88 Å². The molecule has 2 aliphatic rings. The summed E-state index contributed by atoms with van der Waals surface area (Å²) in [5, 5.41) is 0.869. The van der Waals surface area contributed by atoms with Crippen molar-refractivity contribution >= 4 is 36.8 Å². The summed E-state index contributed by atoms with van der Waals surface area (Å²) in [6, 6.07) is 10.0. The van der Waals surface area contributed by atoms with Crippen molar-refractivity contribution in [3.05, 3.63) is 48.3 Å². The second kappa shape index (κ2) is 10.3. The van der Waals surface area contributed by atoms with Crippen LogP contribution in [0.5, 0.6) is 0 Å². The fraction of sp³-hybridized carbons (Fsp3) is 0.440. The van der Waals surface area contributed by atoms with E-state index in [9.17, 15) is 21.6 Å². The van der Waals surface area contributed by atoms with Gasteiger partial charge in [-0.2, -0.15) is 0 Å². The van der Waals surface area contributed by atoms with Crippen LogP contribution in [-0.4, -0.2) is 68.2 Å². The molecule has 0 unspecified atom stereocenters. The van der Waals surface area contributed by atoms with Gasteiger partial charge in [0.05, 0.1) is 22.8 Å². The zero-order chi connectivity index (χ0) is 24.6. The van der Waals surface area contributed by atoms with E-state index >= 15 is 0 Å². The van der Waals surface area contributed by atoms with Crippen LogP contribution < -0.4 is 4.72 Å². The maximum absolute atomic E-state index is 12.8. The van der Waals surface area contributed by atoms with Gasteiger partial charge in [-0.1, -0.05) is 19.6 Å². The van der Waals surface area contributed by atoms with E-state index in [0.29, 0.717) is 12.1 Å². The lowest BCUT2D eigenvalue weighted by Gasteiger charge is -2.22. The summed E-state index contributed by atoms with van der Waals surface area (Å²) in [6.45, 7) is 1.62. The third kappa shape index (κ3) is 5.63. The molecule has 2 aromatic heterocycles. The van der Waals surface area contributed by atoms with Crippen LogP contribution in [0.3, 0.4) is 0 Å². The summed E-state index contributed by atoms with van der Waals surface area (Å²) in [5.41, 5.74) is 3.20. The van der Waals surface area contributed by atoms with Gasteiger partial charge in [-0.05, 0) is 61.1 Å². The number of H-pyrrole nitrogens is 1. The van der Waals surface area contributed by atoms with Crippen LogP contribution in [0.2, 0.25) is 0 Å². The molecular weight excluding hydrogens is 500 g/mol. The van der Waals surface area contributed by atoms with E-state index in [2.05, 4.69) is 14.7 Å². The number of sulfone groups is 1. The molecule has 1 amide bonds. The largest absolute Gasteiger partial charge is 0.343 e. The molecule has 3 aromatic rings. The summed E-state index contributed by atoms with van der Waals surface area (Å²) in [5.74, 6) is 0.104. The van der Waals surface area contributed by atoms with Gasteiger partial charge in [-0.25, -0.2) is 26.5 Å². The minimum Gasteiger partial charge on any atom is -0.343 e. The molecule has 0 aliphatic carbocycles. The third-order valence-corrected chi connectivity index (χ3v) is 9.99. The number of carbonyl (C=O) groups is 1. The Bertz CT molecular complexity index is 1440. The van der Waals surface area contributed by atoms with Crippen LogP contribution in [0.4, 0.5) is 0 Å². The van der Waals surface area contributed by atoms with Crippen LogP contribution in [-0.2, 0) is 31.1 Å². The number of sulfonamides is 1. The first-order valence-electron chi connectivity index (χ1n) is 11.8. The van der Waals surface area contributed by atoms with Crippen LogP contribution >= 0.6 is 0 Å². The number of fused-ring (bicyclic) bond motifs is 1. The standard InChI is InChI=1S/C24H28N4O5S2.CH4/c29-23(28-11-1-2-12-28)16-19-15-22-21(7-10-25-24(22)26-19)17-3-5-20(6-4-17)35(32,33)27-18-8-13-34(30,31)14-9-18;/h3-7,10,15,18,27H,1-2,8-9,11-14,16H2,(H,25,26);1H4. The summed E-state index contributed by atoms with van der Waals surface area (Å²) < 4.78 is 51.5. The van der Waals surface area contributed by atoms with E-state index in [1.165, 1.54) is 0 Å². The van der Waals surface area contributed by atoms with Gasteiger partial charge in [0.15, 0.2) is 0 Å². The first-order chi connectivity index (χ1) is 16.7. The normalized spacial score (nSPS) is 18.3. The van der Waals surface area contributed by atoms with Crippen molar-refractivity contribution in [2.45, 2.75) is 50.5 Å². The number of nitrogens with one attached hydrogen (secondary N) is 2. The molecule has 2 aliphatic heterocycles. The van der Waals surface area contributed by atoms with Crippen LogP contribution in [0.1, 0.15) is 38.8 Å². The van der Waals surface area contributed by atoms with Gasteiger partial charge in [-0.15, -0.1) is 0 Å². The number of benzene rings is 1. The minimum atomic E-state index is -3.76. The molecule has 5 rings (SSSR count). The van der Waals surface area contributed by atoms with Crippen molar-refractivity contribution in [2.24, 2.45) is 0 Å². The highest BCUT2D eigenvalue weighted by atomic mass is 32.2. The SMILES string of the molecule is C.O=C(Cc1cc2c(-c3ccc(S(=O)(=O)NC4CCS(=O)(=O)CC4)cc3)ccnc2[nH]1)N1CCCC1. The van der Waals surface area contributed by atoms with Crippen LogP contribution in [0.25, 0.3) is 22.2 Å². The number of rotatable bonds is 6. The molecule has 11 heteroatoms. The predicted molar refractivity (Wildman–Crippen MR) is 140 cm³/mol. The van der Waals surface area contributed by atoms with Crippen molar-refractivity contribution in [1.82, 2.24) is 19.6 Å². The van der Waals surface area contributed by atoms with Gasteiger partial charge in [0, 0.05) is 36.4 Å². The van der Waals surface area contributed by atoms with E-state index in [-0.39, 0.29) is 48.6 Å². The van der Waals surface area contributed by atoms with E-state index in [1.807, 2.05) is 17.0 Å². The molecule has 9 nitrogen and oxygen atoms in total. The molecule has 36 heavy (non-hydrogen) atoms. The second-order valence-electron chi connectivity index (χ2n) is 9.25. The van der Waals surface area contributed by atoms with Crippen molar-refractivity contribution in [3.8, 4) is 11.1 Å². The monoisotopic (exact) mass is 532 g/mol. The molecule has 0 saturated carbocycles. The Labute approximate surface area is 212 Å². The molecule has 0 radical (unpaired) electrons. The van der Waals surface area contributed by atoms with Crippen molar-refractivity contribution in [3.63, 3.8) is 0 Å². The second-order valence-corrected chi connectivity index (χ2v) is 13.3. The number of amides is 1. The third-order valence-electron chi connectivity index (χ3n) is 6.74.